The van der Waals surface area contributed by atoms with Crippen LogP contribution in [-0.4, -0.2) is 67.4 Å². The third kappa shape index (κ3) is 5.52. The summed E-state index contributed by atoms with van der Waals surface area (Å²) in [6.07, 6.45) is 4.31. The quantitative estimate of drug-likeness (QED) is 0.698. The van der Waals surface area contributed by atoms with E-state index in [9.17, 15) is 9.18 Å². The molecule has 1 aromatic carbocycles. The highest BCUT2D eigenvalue weighted by Crippen LogP contribution is 2.46. The second kappa shape index (κ2) is 8.70. The Hall–Kier alpha value is -1.46. The van der Waals surface area contributed by atoms with E-state index in [1.165, 1.54) is 6.07 Å². The van der Waals surface area contributed by atoms with Gasteiger partial charge >= 0.3 is 0 Å². The minimum Gasteiger partial charge on any atom is -0.341 e. The van der Waals surface area contributed by atoms with Crippen molar-refractivity contribution in [2.45, 2.75) is 39.2 Å². The first-order valence-corrected chi connectivity index (χ1v) is 10.3. The average molecular weight is 376 g/mol. The third-order valence-electron chi connectivity index (χ3n) is 6.05. The van der Waals surface area contributed by atoms with Crippen LogP contribution in [0.3, 0.4) is 0 Å². The van der Waals surface area contributed by atoms with Gasteiger partial charge in [-0.25, -0.2) is 4.39 Å². The van der Waals surface area contributed by atoms with Crippen LogP contribution in [0.2, 0.25) is 0 Å². The lowest BCUT2D eigenvalue weighted by molar-refractivity contribution is -0.137. The molecule has 27 heavy (non-hydrogen) atoms. The molecule has 1 heterocycles. The molecule has 2 aliphatic rings. The van der Waals surface area contributed by atoms with Crippen LogP contribution in [0.15, 0.2) is 24.3 Å². The van der Waals surface area contributed by atoms with Gasteiger partial charge in [-0.3, -0.25) is 9.69 Å². The molecule has 4 nitrogen and oxygen atoms in total. The van der Waals surface area contributed by atoms with Gasteiger partial charge in [0.1, 0.15) is 5.82 Å². The van der Waals surface area contributed by atoms with Gasteiger partial charge in [-0.1, -0.05) is 25.1 Å². The number of halogens is 1. The van der Waals surface area contributed by atoms with Gasteiger partial charge in [0.05, 0.1) is 0 Å². The van der Waals surface area contributed by atoms with E-state index in [1.807, 2.05) is 12.1 Å². The fraction of sp³-hybridized carbons (Fsp3) is 0.682. The molecule has 1 aliphatic heterocycles. The van der Waals surface area contributed by atoms with Crippen LogP contribution in [0.5, 0.6) is 0 Å². The Morgan fingerprint density at radius 2 is 2.00 bits per heavy atom. The molecule has 1 saturated heterocycles. The summed E-state index contributed by atoms with van der Waals surface area (Å²) in [7, 11) is 4.11. The summed E-state index contributed by atoms with van der Waals surface area (Å²) in [5, 5.41) is 0. The molecule has 2 fully saturated rings. The highest BCUT2D eigenvalue weighted by molar-refractivity contribution is 5.84. The van der Waals surface area contributed by atoms with Crippen molar-refractivity contribution in [2.75, 3.05) is 46.8 Å². The molecule has 3 rings (SSSR count). The molecule has 1 aromatic rings. The Bertz CT molecular complexity index is 644. The maximum Gasteiger partial charge on any atom is 0.228 e. The van der Waals surface area contributed by atoms with Gasteiger partial charge in [0.2, 0.25) is 5.91 Å². The minimum absolute atomic E-state index is 0.117. The van der Waals surface area contributed by atoms with Crippen molar-refractivity contribution in [3.8, 4) is 0 Å². The molecule has 150 valence electrons. The number of hydrogen-bond donors (Lipinski definition) is 0. The van der Waals surface area contributed by atoms with Crippen LogP contribution in [-0.2, 0) is 11.3 Å². The fourth-order valence-corrected chi connectivity index (χ4v) is 4.00. The Labute approximate surface area is 163 Å². The molecule has 1 aliphatic carbocycles. The first-order chi connectivity index (χ1) is 12.9. The highest BCUT2D eigenvalue weighted by Gasteiger charge is 2.47. The first-order valence-electron chi connectivity index (χ1n) is 10.3. The SMILES string of the molecule is CN(C)CCN(C[C@H]1CCCN(Cc2ccccc2F)C1)C(=O)C1(C)CC1. The summed E-state index contributed by atoms with van der Waals surface area (Å²) in [5.41, 5.74) is 0.651. The monoisotopic (exact) mass is 375 g/mol. The maximum absolute atomic E-state index is 14.0. The van der Waals surface area contributed by atoms with E-state index in [-0.39, 0.29) is 11.2 Å². The van der Waals surface area contributed by atoms with Gasteiger partial charge in [0.25, 0.3) is 0 Å². The van der Waals surface area contributed by atoms with Crippen LogP contribution in [0.25, 0.3) is 0 Å². The van der Waals surface area contributed by atoms with Crippen molar-refractivity contribution in [3.63, 3.8) is 0 Å². The van der Waals surface area contributed by atoms with E-state index < -0.39 is 0 Å². The van der Waals surface area contributed by atoms with E-state index in [2.05, 4.69) is 35.7 Å². The molecular formula is C22H34FN3O. The van der Waals surface area contributed by atoms with Crippen molar-refractivity contribution >= 4 is 5.91 Å². The van der Waals surface area contributed by atoms with Gasteiger partial charge in [-0.2, -0.15) is 0 Å². The Balaban J connectivity index is 1.59. The first kappa shape index (κ1) is 20.3. The van der Waals surface area contributed by atoms with Gasteiger partial charge in [0, 0.05) is 43.7 Å². The number of amides is 1. The summed E-state index contributed by atoms with van der Waals surface area (Å²) >= 11 is 0. The largest absolute Gasteiger partial charge is 0.341 e. The van der Waals surface area contributed by atoms with Crippen LogP contribution in [0.4, 0.5) is 4.39 Å². The zero-order valence-corrected chi connectivity index (χ0v) is 17.1. The summed E-state index contributed by atoms with van der Waals surface area (Å²) in [6, 6.07) is 7.05. The predicted octanol–water partition coefficient (Wildman–Crippen LogP) is 3.23. The van der Waals surface area contributed by atoms with Gasteiger partial charge in [0.15, 0.2) is 0 Å². The Kier molecular flexibility index (Phi) is 6.53. The molecular weight excluding hydrogens is 341 g/mol. The normalized spacial score (nSPS) is 22.0. The van der Waals surface area contributed by atoms with Crippen molar-refractivity contribution in [1.29, 1.82) is 0 Å². The summed E-state index contributed by atoms with van der Waals surface area (Å²) < 4.78 is 14.0. The van der Waals surface area contributed by atoms with Crippen molar-refractivity contribution in [3.05, 3.63) is 35.6 Å². The number of piperidine rings is 1. The number of likely N-dealkylation sites (tertiary alicyclic amines) is 1. The van der Waals surface area contributed by atoms with Crippen LogP contribution < -0.4 is 0 Å². The van der Waals surface area contributed by atoms with E-state index in [0.717, 1.165) is 64.0 Å². The molecule has 0 bridgehead atoms. The number of nitrogens with zero attached hydrogens (tertiary/aromatic N) is 3. The van der Waals surface area contributed by atoms with Crippen molar-refractivity contribution < 1.29 is 9.18 Å². The molecule has 5 heteroatoms. The average Bonchev–Trinajstić information content (AvgIpc) is 3.39. The van der Waals surface area contributed by atoms with Crippen LogP contribution in [0, 0.1) is 17.2 Å². The van der Waals surface area contributed by atoms with E-state index >= 15 is 0 Å². The molecule has 0 N–H and O–H groups in total. The Morgan fingerprint density at radius 1 is 1.26 bits per heavy atom. The smallest absolute Gasteiger partial charge is 0.228 e. The number of likely N-dealkylation sites (N-methyl/N-ethyl adjacent to an activating group) is 1. The molecule has 0 spiro atoms. The number of carbonyl (C=O) groups is 1. The number of rotatable bonds is 8. The summed E-state index contributed by atoms with van der Waals surface area (Å²) in [6.45, 7) is 7.23. The standard InChI is InChI=1S/C22H34FN3O/c1-22(10-11-22)21(27)26(14-13-24(2)3)16-18-7-6-12-25(15-18)17-19-8-4-5-9-20(19)23/h4-5,8-9,18H,6-7,10-17H2,1-3H3/t18-/m0/s1. The highest BCUT2D eigenvalue weighted by atomic mass is 19.1. The fourth-order valence-electron chi connectivity index (χ4n) is 4.00. The third-order valence-corrected chi connectivity index (χ3v) is 6.05. The zero-order chi connectivity index (χ0) is 19.4. The summed E-state index contributed by atoms with van der Waals surface area (Å²) in [4.78, 5) is 19.6. The molecule has 0 aromatic heterocycles. The van der Waals surface area contributed by atoms with Crippen LogP contribution >= 0.6 is 0 Å². The zero-order valence-electron chi connectivity index (χ0n) is 17.1. The molecule has 1 amide bonds. The van der Waals surface area contributed by atoms with Gasteiger partial charge < -0.3 is 9.80 Å². The molecule has 1 saturated carbocycles. The van der Waals surface area contributed by atoms with Crippen molar-refractivity contribution in [1.82, 2.24) is 14.7 Å². The van der Waals surface area contributed by atoms with Crippen LogP contribution in [0.1, 0.15) is 38.2 Å². The second-order valence-electron chi connectivity index (χ2n) is 8.95. The van der Waals surface area contributed by atoms with E-state index in [4.69, 9.17) is 0 Å². The lowest BCUT2D eigenvalue weighted by atomic mass is 9.96. The van der Waals surface area contributed by atoms with Gasteiger partial charge in [-0.05, 0) is 58.3 Å². The van der Waals surface area contributed by atoms with Crippen molar-refractivity contribution in [2.24, 2.45) is 11.3 Å². The number of benzene rings is 1. The lowest BCUT2D eigenvalue weighted by Gasteiger charge is -2.37. The minimum atomic E-state index is -0.121. The lowest BCUT2D eigenvalue weighted by Crippen LogP contribution is -2.46. The second-order valence-corrected chi connectivity index (χ2v) is 8.95. The van der Waals surface area contributed by atoms with E-state index in [0.29, 0.717) is 18.4 Å². The molecule has 0 unspecified atom stereocenters. The molecule has 1 atom stereocenters. The summed E-state index contributed by atoms with van der Waals surface area (Å²) in [5.74, 6) is 0.679. The topological polar surface area (TPSA) is 26.8 Å². The van der Waals surface area contributed by atoms with Gasteiger partial charge in [-0.15, -0.1) is 0 Å². The number of carbonyl (C=O) groups excluding carboxylic acids is 1. The maximum atomic E-state index is 14.0. The Morgan fingerprint density at radius 3 is 2.67 bits per heavy atom. The van der Waals surface area contributed by atoms with E-state index in [1.54, 1.807) is 6.07 Å². The number of hydrogen-bond acceptors (Lipinski definition) is 3. The predicted molar refractivity (Wildman–Crippen MR) is 107 cm³/mol. The molecule has 0 radical (unpaired) electrons.